The topological polar surface area (TPSA) is 304 Å². The third-order valence-corrected chi connectivity index (χ3v) is 7.86. The van der Waals surface area contributed by atoms with Crippen LogP contribution in [0.5, 0.6) is 0 Å². The number of carbonyl (C=O) groups is 1. The summed E-state index contributed by atoms with van der Waals surface area (Å²) in [4.78, 5) is 12.6. The monoisotopic (exact) mass is 614 g/mol. The predicted octanol–water partition coefficient (Wildman–Crippen LogP) is -6.83. The Kier molecular flexibility index (Phi) is 13.6. The molecule has 17 nitrogen and oxygen atoms in total. The Morgan fingerprint density at radius 1 is 0.976 bits per heavy atom. The Balaban J connectivity index is 1.80. The second-order valence-electron chi connectivity index (χ2n) is 11.0. The van der Waals surface area contributed by atoms with Gasteiger partial charge in [-0.2, -0.15) is 0 Å². The van der Waals surface area contributed by atoms with Gasteiger partial charge in [0, 0.05) is 25.7 Å². The van der Waals surface area contributed by atoms with Gasteiger partial charge in [0.2, 0.25) is 0 Å². The molecule has 3 unspecified atom stereocenters. The van der Waals surface area contributed by atoms with Gasteiger partial charge in [-0.15, -0.1) is 0 Å². The van der Waals surface area contributed by atoms with E-state index in [0.717, 1.165) is 0 Å². The molecule has 1 saturated carbocycles. The smallest absolute Gasteiger partial charge is 0.252 e. The van der Waals surface area contributed by atoms with Gasteiger partial charge in [0.1, 0.15) is 42.8 Å². The van der Waals surface area contributed by atoms with Crippen molar-refractivity contribution in [3.8, 4) is 0 Å². The zero-order valence-electron chi connectivity index (χ0n) is 23.2. The van der Waals surface area contributed by atoms with Crippen molar-refractivity contribution in [3.63, 3.8) is 0 Å². The van der Waals surface area contributed by atoms with Gasteiger partial charge in [0.15, 0.2) is 18.7 Å². The maximum absolute atomic E-state index is 13.9. The van der Waals surface area contributed by atoms with Gasteiger partial charge in [-0.05, 0) is 19.3 Å². The Labute approximate surface area is 242 Å². The molecule has 42 heavy (non-hydrogen) atoms. The summed E-state index contributed by atoms with van der Waals surface area (Å²) in [6.07, 6.45) is -14.6. The lowest BCUT2D eigenvalue weighted by Gasteiger charge is -2.48. The molecule has 0 aromatic carbocycles. The molecule has 2 heterocycles. The molecule has 0 spiro atoms. The van der Waals surface area contributed by atoms with Crippen molar-refractivity contribution >= 4 is 5.91 Å². The van der Waals surface area contributed by atoms with Crippen LogP contribution < -0.4 is 33.6 Å². The van der Waals surface area contributed by atoms with E-state index in [4.69, 9.17) is 47.0 Å². The van der Waals surface area contributed by atoms with Crippen LogP contribution in [0.2, 0.25) is 0 Å². The van der Waals surface area contributed by atoms with Crippen LogP contribution in [0.4, 0.5) is 4.39 Å². The van der Waals surface area contributed by atoms with Gasteiger partial charge in [-0.3, -0.25) is 4.79 Å². The molecule has 0 aromatic rings. The van der Waals surface area contributed by atoms with Crippen LogP contribution in [-0.2, 0) is 23.7 Å². The summed E-state index contributed by atoms with van der Waals surface area (Å²) >= 11 is 0. The number of hydrogen-bond acceptors (Lipinski definition) is 16. The van der Waals surface area contributed by atoms with Gasteiger partial charge in [-0.25, -0.2) is 4.39 Å². The third kappa shape index (κ3) is 8.49. The SMILES string of the molecule is NCC(F)C(O)C(=O)N[C@@H]1C[C@H](N)C(O[C@H]2O[C@H](CNCCO)CC[C@H]2N)[C@H](O)[C@H]1O[C@H]1O[C@H](CO)[C@@H](O)[C@H](N)[C@H]1O. The molecular weight excluding hydrogens is 567 g/mol. The second kappa shape index (κ2) is 16.2. The average molecular weight is 615 g/mol. The molecule has 0 aromatic heterocycles. The van der Waals surface area contributed by atoms with Gasteiger partial charge >= 0.3 is 0 Å². The van der Waals surface area contributed by atoms with Crippen LogP contribution in [-0.4, -0.2) is 161 Å². The number of alkyl halides is 1. The second-order valence-corrected chi connectivity index (χ2v) is 11.0. The van der Waals surface area contributed by atoms with E-state index in [9.17, 15) is 34.7 Å². The van der Waals surface area contributed by atoms with E-state index in [-0.39, 0.29) is 19.1 Å². The van der Waals surface area contributed by atoms with E-state index in [1.54, 1.807) is 0 Å². The molecule has 3 aliphatic rings. The van der Waals surface area contributed by atoms with E-state index in [1.165, 1.54) is 0 Å². The first kappa shape index (κ1) is 35.3. The molecule has 18 heteroatoms. The first-order chi connectivity index (χ1) is 19.9. The lowest BCUT2D eigenvalue weighted by atomic mass is 9.83. The van der Waals surface area contributed by atoms with Crippen molar-refractivity contribution in [2.75, 3.05) is 32.8 Å². The number of aliphatic hydroxyl groups is 6. The minimum atomic E-state index is -2.12. The standard InChI is InChI=1S/C24H47FN6O11/c25-10(6-26)16(34)22(38)31-13-5-12(28)20(41-23-11(27)2-1-9(39-23)7-30-3-4-32)19(37)21(13)42-24-18(36)15(29)17(35)14(8-33)40-24/h9-21,23-24,30,32-37H,1-8,26-29H2,(H,31,38)/t9-,10?,11+,12-,13+,14+,15-,16?,17+,18+,19-,20?,21-,23+,24+/m0/s1. The highest BCUT2D eigenvalue weighted by Crippen LogP contribution is 2.31. The van der Waals surface area contributed by atoms with Crippen molar-refractivity contribution in [2.45, 2.75) is 111 Å². The summed E-state index contributed by atoms with van der Waals surface area (Å²) in [5.41, 5.74) is 23.7. The van der Waals surface area contributed by atoms with Crippen molar-refractivity contribution in [2.24, 2.45) is 22.9 Å². The van der Waals surface area contributed by atoms with Crippen molar-refractivity contribution in [1.82, 2.24) is 10.6 Å². The summed E-state index contributed by atoms with van der Waals surface area (Å²) in [6, 6.07) is -3.98. The number of aliphatic hydroxyl groups excluding tert-OH is 6. The molecule has 0 bridgehead atoms. The van der Waals surface area contributed by atoms with E-state index in [2.05, 4.69) is 10.6 Å². The first-order valence-corrected chi connectivity index (χ1v) is 14.1. The van der Waals surface area contributed by atoms with Gasteiger partial charge in [0.25, 0.3) is 5.91 Å². The summed E-state index contributed by atoms with van der Waals surface area (Å²) < 4.78 is 37.3. The fourth-order valence-corrected chi connectivity index (χ4v) is 5.34. The van der Waals surface area contributed by atoms with E-state index in [1.807, 2.05) is 0 Å². The molecule has 1 aliphatic carbocycles. The fourth-order valence-electron chi connectivity index (χ4n) is 5.34. The van der Waals surface area contributed by atoms with Crippen molar-refractivity contribution < 1.29 is 58.8 Å². The Morgan fingerprint density at radius 3 is 2.31 bits per heavy atom. The molecule has 0 radical (unpaired) electrons. The predicted molar refractivity (Wildman–Crippen MR) is 142 cm³/mol. The zero-order valence-corrected chi connectivity index (χ0v) is 23.2. The highest BCUT2D eigenvalue weighted by atomic mass is 19.1. The molecule has 246 valence electrons. The molecule has 3 rings (SSSR count). The number of carbonyl (C=O) groups excluding carboxylic acids is 1. The number of nitrogens with two attached hydrogens (primary N) is 4. The van der Waals surface area contributed by atoms with Gasteiger partial charge in [-0.1, -0.05) is 0 Å². The Bertz CT molecular complexity index is 840. The number of hydrogen-bond donors (Lipinski definition) is 12. The lowest BCUT2D eigenvalue weighted by Crippen LogP contribution is -2.69. The first-order valence-electron chi connectivity index (χ1n) is 14.1. The molecule has 15 atom stereocenters. The van der Waals surface area contributed by atoms with E-state index < -0.39 is 105 Å². The zero-order chi connectivity index (χ0) is 31.1. The maximum Gasteiger partial charge on any atom is 0.252 e. The Morgan fingerprint density at radius 2 is 1.67 bits per heavy atom. The summed E-state index contributed by atoms with van der Waals surface area (Å²) in [5, 5.41) is 66.3. The van der Waals surface area contributed by atoms with Crippen LogP contribution in [0.3, 0.4) is 0 Å². The van der Waals surface area contributed by atoms with Crippen LogP contribution in [0.1, 0.15) is 19.3 Å². The highest BCUT2D eigenvalue weighted by molar-refractivity contribution is 5.81. The minimum Gasteiger partial charge on any atom is -0.395 e. The van der Waals surface area contributed by atoms with Crippen molar-refractivity contribution in [3.05, 3.63) is 0 Å². The van der Waals surface area contributed by atoms with Gasteiger partial charge in [0.05, 0.1) is 37.4 Å². The summed E-state index contributed by atoms with van der Waals surface area (Å²) in [6.45, 7) is -0.556. The Hall–Kier alpha value is -1.20. The van der Waals surface area contributed by atoms with Crippen LogP contribution in [0, 0.1) is 0 Å². The summed E-state index contributed by atoms with van der Waals surface area (Å²) in [5.74, 6) is -1.15. The number of ether oxygens (including phenoxy) is 4. The minimum absolute atomic E-state index is 0.0497. The van der Waals surface area contributed by atoms with Crippen molar-refractivity contribution in [1.29, 1.82) is 0 Å². The lowest BCUT2D eigenvalue weighted by molar-refractivity contribution is -0.314. The molecular formula is C24H47FN6O11. The maximum atomic E-state index is 13.9. The quantitative estimate of drug-likeness (QED) is 0.0858. The molecule has 3 fully saturated rings. The normalized spacial score (nSPS) is 42.6. The third-order valence-electron chi connectivity index (χ3n) is 7.86. The summed E-state index contributed by atoms with van der Waals surface area (Å²) in [7, 11) is 0. The fraction of sp³-hybridized carbons (Fsp3) is 0.958. The van der Waals surface area contributed by atoms with Crippen LogP contribution in [0.25, 0.3) is 0 Å². The van der Waals surface area contributed by atoms with Gasteiger partial charge < -0.3 is 83.2 Å². The number of nitrogens with one attached hydrogen (secondary N) is 2. The molecule has 1 amide bonds. The largest absolute Gasteiger partial charge is 0.395 e. The number of halogens is 1. The number of amides is 1. The van der Waals surface area contributed by atoms with E-state index >= 15 is 0 Å². The average Bonchev–Trinajstić information content (AvgIpc) is 2.97. The highest BCUT2D eigenvalue weighted by Gasteiger charge is 2.51. The van der Waals surface area contributed by atoms with Crippen LogP contribution in [0.15, 0.2) is 0 Å². The van der Waals surface area contributed by atoms with E-state index in [0.29, 0.717) is 25.9 Å². The molecule has 2 saturated heterocycles. The molecule has 16 N–H and O–H groups in total. The molecule has 2 aliphatic heterocycles. The number of rotatable bonds is 13. The van der Waals surface area contributed by atoms with Crippen LogP contribution >= 0.6 is 0 Å².